The summed E-state index contributed by atoms with van der Waals surface area (Å²) in [6.07, 6.45) is 0. The first-order valence-corrected chi connectivity index (χ1v) is 12.0. The van der Waals surface area contributed by atoms with Gasteiger partial charge in [0, 0.05) is 11.6 Å². The van der Waals surface area contributed by atoms with Crippen molar-refractivity contribution in [1.82, 2.24) is 29.1 Å². The smallest absolute Gasteiger partial charge is 0.335 e. The number of benzene rings is 2. The Bertz CT molecular complexity index is 1700. The van der Waals surface area contributed by atoms with E-state index in [0.29, 0.717) is 50.5 Å². The molecule has 0 aliphatic rings. The van der Waals surface area contributed by atoms with Gasteiger partial charge < -0.3 is 14.7 Å². The van der Waals surface area contributed by atoms with E-state index in [1.54, 1.807) is 22.8 Å². The molecule has 2 aromatic carbocycles. The minimum absolute atomic E-state index is 0.170. The molecule has 0 bridgehead atoms. The summed E-state index contributed by atoms with van der Waals surface area (Å²) in [5.74, 6) is -0.0229. The third-order valence-corrected chi connectivity index (χ3v) is 6.70. The van der Waals surface area contributed by atoms with Gasteiger partial charge in [0.25, 0.3) is 5.56 Å². The van der Waals surface area contributed by atoms with E-state index in [9.17, 15) is 19.5 Å². The van der Waals surface area contributed by atoms with E-state index in [1.807, 2.05) is 19.1 Å². The van der Waals surface area contributed by atoms with Crippen LogP contribution in [0.3, 0.4) is 0 Å². The number of nitrogens with zero attached hydrogens (tertiary/aromatic N) is 4. The van der Waals surface area contributed by atoms with Crippen molar-refractivity contribution in [3.8, 4) is 0 Å². The number of aromatic carboxylic acids is 1. The Balaban J connectivity index is 1.50. The number of hydrogen-bond acceptors (Lipinski definition) is 6. The highest BCUT2D eigenvalue weighted by molar-refractivity contribution is 7.98. The first kappa shape index (κ1) is 22.9. The van der Waals surface area contributed by atoms with Gasteiger partial charge >= 0.3 is 11.7 Å². The van der Waals surface area contributed by atoms with Gasteiger partial charge in [-0.15, -0.1) is 0 Å². The topological polar surface area (TPSA) is 139 Å². The molecule has 3 N–H and O–H groups in total. The molecule has 0 aliphatic heterocycles. The van der Waals surface area contributed by atoms with E-state index >= 15 is 0 Å². The third-order valence-electron chi connectivity index (χ3n) is 5.58. The Morgan fingerprint density at radius 3 is 2.57 bits per heavy atom. The minimum Gasteiger partial charge on any atom is -0.478 e. The van der Waals surface area contributed by atoms with Crippen molar-refractivity contribution in [2.24, 2.45) is 0 Å². The lowest BCUT2D eigenvalue weighted by molar-refractivity contribution is 0.0697. The number of carbonyl (C=O) groups is 1. The van der Waals surface area contributed by atoms with E-state index in [1.165, 1.54) is 28.5 Å². The summed E-state index contributed by atoms with van der Waals surface area (Å²) in [7, 11) is 0. The average Bonchev–Trinajstić information content (AvgIpc) is 3.42. The molecule has 0 atom stereocenters. The number of thioether (sulfide) groups is 1. The molecule has 0 saturated heterocycles. The second kappa shape index (κ2) is 9.08. The summed E-state index contributed by atoms with van der Waals surface area (Å²) < 4.78 is 3.22. The molecule has 0 unspecified atom stereocenters. The van der Waals surface area contributed by atoms with E-state index in [-0.39, 0.29) is 12.1 Å². The predicted octanol–water partition coefficient (Wildman–Crippen LogP) is 3.47. The molecule has 0 saturated carbocycles. The average molecular weight is 511 g/mol. The van der Waals surface area contributed by atoms with E-state index < -0.39 is 17.2 Å². The molecule has 0 radical (unpaired) electrons. The van der Waals surface area contributed by atoms with Crippen molar-refractivity contribution in [2.45, 2.75) is 30.9 Å². The van der Waals surface area contributed by atoms with Crippen LogP contribution in [0.4, 0.5) is 0 Å². The number of imidazole rings is 2. The zero-order valence-corrected chi connectivity index (χ0v) is 20.0. The second-order valence-electron chi connectivity index (χ2n) is 7.78. The molecule has 0 spiro atoms. The Hall–Kier alpha value is -3.83. The van der Waals surface area contributed by atoms with Gasteiger partial charge in [-0.05, 0) is 42.8 Å². The molecule has 12 heteroatoms. The molecule has 0 aliphatic carbocycles. The van der Waals surface area contributed by atoms with Crippen LogP contribution in [-0.2, 0) is 18.8 Å². The molecule has 5 rings (SSSR count). The quantitative estimate of drug-likeness (QED) is 0.285. The third kappa shape index (κ3) is 4.35. The fraction of sp³-hybridized carbons (Fsp3) is 0.174. The van der Waals surface area contributed by atoms with Gasteiger partial charge in [0.05, 0.1) is 28.9 Å². The van der Waals surface area contributed by atoms with Crippen LogP contribution in [-0.4, -0.2) is 40.1 Å². The monoisotopic (exact) mass is 510 g/mol. The summed E-state index contributed by atoms with van der Waals surface area (Å²) in [6, 6.07) is 11.8. The molecule has 0 amide bonds. The van der Waals surface area contributed by atoms with Crippen LogP contribution >= 0.6 is 23.4 Å². The normalized spacial score (nSPS) is 11.5. The highest BCUT2D eigenvalue weighted by Crippen LogP contribution is 2.25. The number of hydrogen-bond donors (Lipinski definition) is 3. The standard InChI is InChI=1S/C23H19ClN6O4S/c1-2-29-17(11-35-22-25-15-8-5-13(21(32)33)9-16(15)26-22)27-19-18(29)20(31)28-23(34)30(19)10-12-3-6-14(24)7-4-12/h3-9H,2,10-11H2,1H3,(H,25,26)(H,32,33)(H,28,31,34). The number of aromatic nitrogens is 6. The van der Waals surface area contributed by atoms with Crippen LogP contribution in [0.2, 0.25) is 5.02 Å². The SMILES string of the molecule is CCn1c(CSc2nc3ccc(C(=O)O)cc3[nH]2)nc2c1c(=O)[nH]c(=O)n2Cc1ccc(Cl)cc1. The van der Waals surface area contributed by atoms with E-state index in [4.69, 9.17) is 11.6 Å². The number of aromatic amines is 2. The van der Waals surface area contributed by atoms with Crippen LogP contribution in [0, 0.1) is 0 Å². The van der Waals surface area contributed by atoms with Crippen molar-refractivity contribution in [2.75, 3.05) is 0 Å². The lowest BCUT2D eigenvalue weighted by Crippen LogP contribution is -2.31. The predicted molar refractivity (Wildman–Crippen MR) is 133 cm³/mol. The van der Waals surface area contributed by atoms with Crippen LogP contribution in [0.5, 0.6) is 0 Å². The van der Waals surface area contributed by atoms with E-state index in [0.717, 1.165) is 5.56 Å². The zero-order valence-electron chi connectivity index (χ0n) is 18.4. The minimum atomic E-state index is -1.01. The number of carboxylic acid groups (broad SMARTS) is 1. The molecule has 178 valence electrons. The molecule has 3 heterocycles. The number of aryl methyl sites for hydroxylation is 1. The zero-order chi connectivity index (χ0) is 24.7. The van der Waals surface area contributed by atoms with Gasteiger partial charge in [0.1, 0.15) is 5.82 Å². The summed E-state index contributed by atoms with van der Waals surface area (Å²) in [5, 5.41) is 10.4. The molecule has 3 aromatic heterocycles. The van der Waals surface area contributed by atoms with Crippen molar-refractivity contribution < 1.29 is 9.90 Å². The second-order valence-corrected chi connectivity index (χ2v) is 9.18. The first-order chi connectivity index (χ1) is 16.8. The highest BCUT2D eigenvalue weighted by Gasteiger charge is 2.19. The number of rotatable bonds is 7. The van der Waals surface area contributed by atoms with Crippen molar-refractivity contribution in [3.63, 3.8) is 0 Å². The fourth-order valence-electron chi connectivity index (χ4n) is 3.91. The fourth-order valence-corrected chi connectivity index (χ4v) is 4.87. The van der Waals surface area contributed by atoms with E-state index in [2.05, 4.69) is 19.9 Å². The number of fused-ring (bicyclic) bond motifs is 2. The maximum atomic E-state index is 12.7. The van der Waals surface area contributed by atoms with Gasteiger partial charge in [-0.3, -0.25) is 14.3 Å². The summed E-state index contributed by atoms with van der Waals surface area (Å²) >= 11 is 7.34. The Labute approximate surface area is 206 Å². The molecular formula is C23H19ClN6O4S. The van der Waals surface area contributed by atoms with Gasteiger partial charge in [0.15, 0.2) is 16.3 Å². The maximum Gasteiger partial charge on any atom is 0.335 e. The van der Waals surface area contributed by atoms with Crippen LogP contribution in [0.25, 0.3) is 22.2 Å². The molecule has 5 aromatic rings. The van der Waals surface area contributed by atoms with Gasteiger partial charge in [0.2, 0.25) is 0 Å². The van der Waals surface area contributed by atoms with Crippen LogP contribution < -0.4 is 11.2 Å². The molecular weight excluding hydrogens is 492 g/mol. The number of nitrogens with one attached hydrogen (secondary N) is 2. The van der Waals surface area contributed by atoms with Crippen LogP contribution in [0.15, 0.2) is 57.2 Å². The highest BCUT2D eigenvalue weighted by atomic mass is 35.5. The van der Waals surface area contributed by atoms with Crippen molar-refractivity contribution >= 4 is 51.5 Å². The molecule has 10 nitrogen and oxygen atoms in total. The summed E-state index contributed by atoms with van der Waals surface area (Å²) in [6.45, 7) is 2.61. The largest absolute Gasteiger partial charge is 0.478 e. The van der Waals surface area contributed by atoms with Crippen LogP contribution in [0.1, 0.15) is 28.7 Å². The first-order valence-electron chi connectivity index (χ1n) is 10.7. The Morgan fingerprint density at radius 2 is 1.86 bits per heavy atom. The number of H-pyrrole nitrogens is 2. The summed E-state index contributed by atoms with van der Waals surface area (Å²) in [4.78, 5) is 51.3. The Kier molecular flexibility index (Phi) is 5.95. The van der Waals surface area contributed by atoms with Gasteiger partial charge in [-0.2, -0.15) is 0 Å². The number of halogens is 1. The summed E-state index contributed by atoms with van der Waals surface area (Å²) in [5.41, 5.74) is 1.88. The maximum absolute atomic E-state index is 12.7. The van der Waals surface area contributed by atoms with Gasteiger partial charge in [-0.25, -0.2) is 19.6 Å². The van der Waals surface area contributed by atoms with Crippen molar-refractivity contribution in [1.29, 1.82) is 0 Å². The molecule has 35 heavy (non-hydrogen) atoms. The van der Waals surface area contributed by atoms with Gasteiger partial charge in [-0.1, -0.05) is 35.5 Å². The molecule has 0 fully saturated rings. The number of carboxylic acids is 1. The Morgan fingerprint density at radius 1 is 1.09 bits per heavy atom. The lowest BCUT2D eigenvalue weighted by atomic mass is 10.2. The van der Waals surface area contributed by atoms with Crippen molar-refractivity contribution in [3.05, 3.63) is 85.3 Å². The lowest BCUT2D eigenvalue weighted by Gasteiger charge is -2.07.